The first kappa shape index (κ1) is 21.7. The lowest BCUT2D eigenvalue weighted by Crippen LogP contribution is -2.20. The summed E-state index contributed by atoms with van der Waals surface area (Å²) in [5, 5.41) is 4.87. The second kappa shape index (κ2) is 7.61. The number of hydrogen-bond donors (Lipinski definition) is 0. The molecule has 2 nitrogen and oxygen atoms in total. The lowest BCUT2D eigenvalue weighted by atomic mass is 9.84. The van der Waals surface area contributed by atoms with Crippen molar-refractivity contribution in [3.8, 4) is 11.5 Å². The fourth-order valence-electron chi connectivity index (χ4n) is 5.54. The van der Waals surface area contributed by atoms with E-state index in [1.807, 2.05) is 0 Å². The lowest BCUT2D eigenvalue weighted by Gasteiger charge is -2.37. The van der Waals surface area contributed by atoms with E-state index < -0.39 is 0 Å². The molecule has 0 saturated carbocycles. The van der Waals surface area contributed by atoms with Gasteiger partial charge in [-0.3, -0.25) is 0 Å². The highest BCUT2D eigenvalue weighted by Crippen LogP contribution is 2.56. The van der Waals surface area contributed by atoms with Crippen LogP contribution in [0.5, 0.6) is 11.5 Å². The molecule has 1 heterocycles. The second-order valence-corrected chi connectivity index (χ2v) is 10.9. The van der Waals surface area contributed by atoms with E-state index >= 15 is 0 Å². The van der Waals surface area contributed by atoms with Crippen LogP contribution in [0, 0.1) is 20.8 Å². The SMILES string of the molecule is Cc1cc(C(C)(C)C)cc(C)c1N1c2c(ccc3ccccc23)Oc2ccc3c(C)cccc3c21. The number of hydrogen-bond acceptors (Lipinski definition) is 2. The van der Waals surface area contributed by atoms with Gasteiger partial charge in [0.1, 0.15) is 0 Å². The number of nitrogens with zero attached hydrogens (tertiary/aromatic N) is 1. The topological polar surface area (TPSA) is 12.5 Å². The third-order valence-corrected chi connectivity index (χ3v) is 7.33. The maximum Gasteiger partial charge on any atom is 0.152 e. The Morgan fingerprint density at radius 1 is 0.571 bits per heavy atom. The van der Waals surface area contributed by atoms with Gasteiger partial charge in [0.25, 0.3) is 0 Å². The fourth-order valence-corrected chi connectivity index (χ4v) is 5.54. The van der Waals surface area contributed by atoms with E-state index in [-0.39, 0.29) is 5.41 Å². The maximum atomic E-state index is 6.60. The molecule has 0 bridgehead atoms. The van der Waals surface area contributed by atoms with E-state index in [1.165, 1.54) is 49.5 Å². The van der Waals surface area contributed by atoms with Crippen LogP contribution >= 0.6 is 0 Å². The van der Waals surface area contributed by atoms with Crippen LogP contribution in [0.2, 0.25) is 0 Å². The second-order valence-electron chi connectivity index (χ2n) is 10.9. The number of anilines is 3. The minimum Gasteiger partial charge on any atom is -0.453 e. The summed E-state index contributed by atoms with van der Waals surface area (Å²) >= 11 is 0. The van der Waals surface area contributed by atoms with Crippen molar-refractivity contribution in [2.24, 2.45) is 0 Å². The molecule has 0 amide bonds. The average Bonchev–Trinajstić information content (AvgIpc) is 2.82. The van der Waals surface area contributed by atoms with Crippen LogP contribution in [-0.2, 0) is 5.41 Å². The van der Waals surface area contributed by atoms with E-state index in [0.717, 1.165) is 22.9 Å². The van der Waals surface area contributed by atoms with Crippen molar-refractivity contribution in [1.82, 2.24) is 0 Å². The molecule has 0 spiro atoms. The standard InChI is InChI=1S/C33H31NO/c1-20-10-9-13-27-25(20)15-17-29-32(27)34(30-21(2)18-24(19-22(30)3)33(4,5)6)31-26-12-8-7-11-23(26)14-16-28(31)35-29/h7-19H,1-6H3. The van der Waals surface area contributed by atoms with Crippen LogP contribution in [0.3, 0.4) is 0 Å². The zero-order valence-corrected chi connectivity index (χ0v) is 21.4. The summed E-state index contributed by atoms with van der Waals surface area (Å²) in [6.07, 6.45) is 0. The Labute approximate surface area is 207 Å². The lowest BCUT2D eigenvalue weighted by molar-refractivity contribution is 0.478. The predicted molar refractivity (Wildman–Crippen MR) is 149 cm³/mol. The van der Waals surface area contributed by atoms with Gasteiger partial charge in [-0.2, -0.15) is 0 Å². The predicted octanol–water partition coefficient (Wildman–Crippen LogP) is 9.79. The summed E-state index contributed by atoms with van der Waals surface area (Å²) in [6, 6.07) is 28.5. The monoisotopic (exact) mass is 457 g/mol. The normalized spacial score (nSPS) is 13.0. The van der Waals surface area contributed by atoms with Crippen LogP contribution in [0.25, 0.3) is 21.5 Å². The van der Waals surface area contributed by atoms with Crippen LogP contribution in [0.4, 0.5) is 17.1 Å². The minimum absolute atomic E-state index is 0.0887. The summed E-state index contributed by atoms with van der Waals surface area (Å²) in [4.78, 5) is 2.47. The first-order valence-electron chi connectivity index (χ1n) is 12.4. The van der Waals surface area contributed by atoms with Crippen molar-refractivity contribution in [3.05, 3.63) is 101 Å². The van der Waals surface area contributed by atoms with Gasteiger partial charge in [0.15, 0.2) is 11.5 Å². The van der Waals surface area contributed by atoms with E-state index in [4.69, 9.17) is 4.74 Å². The van der Waals surface area contributed by atoms with Crippen molar-refractivity contribution in [1.29, 1.82) is 0 Å². The largest absolute Gasteiger partial charge is 0.453 e. The molecule has 0 radical (unpaired) electrons. The van der Waals surface area contributed by atoms with Crippen LogP contribution in [0.15, 0.2) is 78.9 Å². The Hall–Kier alpha value is -3.78. The van der Waals surface area contributed by atoms with Gasteiger partial charge in [-0.1, -0.05) is 87.5 Å². The third kappa shape index (κ3) is 3.31. The maximum absolute atomic E-state index is 6.60. The van der Waals surface area contributed by atoms with E-state index in [0.29, 0.717) is 0 Å². The van der Waals surface area contributed by atoms with E-state index in [1.54, 1.807) is 0 Å². The summed E-state index contributed by atoms with van der Waals surface area (Å²) in [7, 11) is 0. The number of aryl methyl sites for hydroxylation is 3. The van der Waals surface area contributed by atoms with Gasteiger partial charge in [-0.05, 0) is 71.3 Å². The molecule has 0 atom stereocenters. The van der Waals surface area contributed by atoms with Crippen molar-refractivity contribution < 1.29 is 4.74 Å². The molecule has 6 rings (SSSR count). The molecule has 0 saturated heterocycles. The number of rotatable bonds is 1. The molecule has 5 aromatic rings. The molecule has 0 N–H and O–H groups in total. The Balaban J connectivity index is 1.76. The smallest absolute Gasteiger partial charge is 0.152 e. The first-order valence-corrected chi connectivity index (χ1v) is 12.4. The Kier molecular flexibility index (Phi) is 4.73. The number of benzene rings is 5. The third-order valence-electron chi connectivity index (χ3n) is 7.33. The molecular weight excluding hydrogens is 426 g/mol. The molecule has 174 valence electrons. The molecule has 1 aliphatic heterocycles. The van der Waals surface area contributed by atoms with Gasteiger partial charge < -0.3 is 9.64 Å². The van der Waals surface area contributed by atoms with Crippen LogP contribution in [0.1, 0.15) is 43.0 Å². The van der Waals surface area contributed by atoms with Gasteiger partial charge in [0, 0.05) is 10.8 Å². The Morgan fingerprint density at radius 2 is 1.20 bits per heavy atom. The highest BCUT2D eigenvalue weighted by molar-refractivity contribution is 6.10. The number of fused-ring (bicyclic) bond motifs is 6. The van der Waals surface area contributed by atoms with Crippen molar-refractivity contribution in [2.75, 3.05) is 4.90 Å². The van der Waals surface area contributed by atoms with Crippen molar-refractivity contribution in [3.63, 3.8) is 0 Å². The zero-order chi connectivity index (χ0) is 24.5. The Morgan fingerprint density at radius 3 is 1.91 bits per heavy atom. The molecule has 0 aromatic heterocycles. The number of ether oxygens (including phenoxy) is 1. The highest BCUT2D eigenvalue weighted by Gasteiger charge is 2.32. The minimum atomic E-state index is 0.0887. The molecule has 0 unspecified atom stereocenters. The zero-order valence-electron chi connectivity index (χ0n) is 21.4. The summed E-state index contributed by atoms with van der Waals surface area (Å²) in [6.45, 7) is 13.5. The van der Waals surface area contributed by atoms with Gasteiger partial charge in [-0.15, -0.1) is 0 Å². The highest BCUT2D eigenvalue weighted by atomic mass is 16.5. The van der Waals surface area contributed by atoms with Crippen LogP contribution < -0.4 is 9.64 Å². The molecule has 0 fully saturated rings. The van der Waals surface area contributed by atoms with Gasteiger partial charge in [0.05, 0.1) is 17.1 Å². The molecule has 0 aliphatic carbocycles. The fraction of sp³-hybridized carbons (Fsp3) is 0.212. The van der Waals surface area contributed by atoms with Crippen LogP contribution in [-0.4, -0.2) is 0 Å². The van der Waals surface area contributed by atoms with Crippen molar-refractivity contribution >= 4 is 38.6 Å². The summed E-state index contributed by atoms with van der Waals surface area (Å²) in [5.74, 6) is 1.78. The summed E-state index contributed by atoms with van der Waals surface area (Å²) in [5.41, 5.74) is 8.71. The molecule has 5 aromatic carbocycles. The quantitative estimate of drug-likeness (QED) is 0.244. The average molecular weight is 458 g/mol. The summed E-state index contributed by atoms with van der Waals surface area (Å²) < 4.78 is 6.60. The molecule has 1 aliphatic rings. The van der Waals surface area contributed by atoms with E-state index in [9.17, 15) is 0 Å². The van der Waals surface area contributed by atoms with Gasteiger partial charge in [-0.25, -0.2) is 0 Å². The van der Waals surface area contributed by atoms with Gasteiger partial charge >= 0.3 is 0 Å². The Bertz CT molecular complexity index is 1610. The molecular formula is C33H31NO. The molecule has 35 heavy (non-hydrogen) atoms. The van der Waals surface area contributed by atoms with E-state index in [2.05, 4.69) is 125 Å². The molecule has 2 heteroatoms. The van der Waals surface area contributed by atoms with Crippen molar-refractivity contribution in [2.45, 2.75) is 47.0 Å². The van der Waals surface area contributed by atoms with Gasteiger partial charge in [0.2, 0.25) is 0 Å². The first-order chi connectivity index (χ1) is 16.7.